The van der Waals surface area contributed by atoms with Crippen LogP contribution in [0.2, 0.25) is 0 Å². The average molecular weight is 199 g/mol. The normalized spacial score (nSPS) is 10.1. The molecule has 0 bridgehead atoms. The van der Waals surface area contributed by atoms with Crippen molar-refractivity contribution in [1.29, 1.82) is 0 Å². The molecule has 2 heteroatoms. The van der Waals surface area contributed by atoms with Crippen LogP contribution in [-0.4, -0.2) is 12.5 Å². The number of rotatable bonds is 4. The summed E-state index contributed by atoms with van der Waals surface area (Å²) in [6.07, 6.45) is 0.898. The zero-order chi connectivity index (χ0) is 9.68. The molecule has 1 aromatic carbocycles. The van der Waals surface area contributed by atoms with E-state index < -0.39 is 0 Å². The predicted octanol–water partition coefficient (Wildman–Crippen LogP) is 3.31. The molecule has 13 heavy (non-hydrogen) atoms. The molecule has 0 fully saturated rings. The minimum absolute atomic E-state index is 0.658. The fourth-order valence-corrected chi connectivity index (χ4v) is 1.21. The number of benzene rings is 1. The molecule has 0 aromatic heterocycles. The molecule has 0 aliphatic rings. The molecule has 0 aliphatic carbocycles. The molecule has 72 valence electrons. The van der Waals surface area contributed by atoms with E-state index in [1.165, 1.54) is 11.1 Å². The highest BCUT2D eigenvalue weighted by molar-refractivity contribution is 6.17. The van der Waals surface area contributed by atoms with Crippen molar-refractivity contribution in [3.05, 3.63) is 29.3 Å². The third-order valence-electron chi connectivity index (χ3n) is 1.88. The third-order valence-corrected chi connectivity index (χ3v) is 2.15. The summed E-state index contributed by atoms with van der Waals surface area (Å²) in [6.45, 7) is 4.82. The summed E-state index contributed by atoms with van der Waals surface area (Å²) in [5.74, 6) is 1.63. The lowest BCUT2D eigenvalue weighted by Gasteiger charge is -2.08. The molecule has 0 saturated heterocycles. The van der Waals surface area contributed by atoms with Gasteiger partial charge in [-0.05, 0) is 37.5 Å². The van der Waals surface area contributed by atoms with Gasteiger partial charge in [0.15, 0.2) is 0 Å². The molecule has 0 spiro atoms. The first kappa shape index (κ1) is 10.4. The van der Waals surface area contributed by atoms with Crippen molar-refractivity contribution in [2.75, 3.05) is 12.5 Å². The fourth-order valence-electron chi connectivity index (χ4n) is 1.10. The Balaban J connectivity index is 2.59. The van der Waals surface area contributed by atoms with Crippen molar-refractivity contribution in [2.24, 2.45) is 0 Å². The van der Waals surface area contributed by atoms with E-state index in [1.807, 2.05) is 0 Å². The van der Waals surface area contributed by atoms with Crippen LogP contribution in [0.3, 0.4) is 0 Å². The number of aryl methyl sites for hydroxylation is 2. The van der Waals surface area contributed by atoms with E-state index >= 15 is 0 Å². The van der Waals surface area contributed by atoms with Gasteiger partial charge in [-0.1, -0.05) is 12.1 Å². The molecule has 1 rings (SSSR count). The summed E-state index contributed by atoms with van der Waals surface area (Å²) in [5.41, 5.74) is 2.41. The second kappa shape index (κ2) is 5.13. The molecule has 0 heterocycles. The molecular weight excluding hydrogens is 184 g/mol. The van der Waals surface area contributed by atoms with Gasteiger partial charge in [-0.15, -0.1) is 11.6 Å². The number of ether oxygens (including phenoxy) is 1. The largest absolute Gasteiger partial charge is 0.493 e. The molecule has 0 atom stereocenters. The van der Waals surface area contributed by atoms with Crippen molar-refractivity contribution < 1.29 is 4.74 Å². The van der Waals surface area contributed by atoms with E-state index in [9.17, 15) is 0 Å². The summed E-state index contributed by atoms with van der Waals surface area (Å²) in [5, 5.41) is 0. The van der Waals surface area contributed by atoms with Gasteiger partial charge < -0.3 is 4.74 Å². The topological polar surface area (TPSA) is 9.23 Å². The van der Waals surface area contributed by atoms with Crippen LogP contribution in [0.1, 0.15) is 17.5 Å². The highest BCUT2D eigenvalue weighted by Crippen LogP contribution is 2.19. The third kappa shape index (κ3) is 3.27. The van der Waals surface area contributed by atoms with Gasteiger partial charge in [0, 0.05) is 5.88 Å². The van der Waals surface area contributed by atoms with Crippen LogP contribution in [-0.2, 0) is 0 Å². The monoisotopic (exact) mass is 198 g/mol. The molecule has 0 N–H and O–H groups in total. The highest BCUT2D eigenvalue weighted by Gasteiger charge is 1.98. The van der Waals surface area contributed by atoms with E-state index in [1.54, 1.807) is 0 Å². The van der Waals surface area contributed by atoms with E-state index in [0.29, 0.717) is 12.5 Å². The van der Waals surface area contributed by atoms with Gasteiger partial charge in [0.2, 0.25) is 0 Å². The Morgan fingerprint density at radius 3 is 2.77 bits per heavy atom. The van der Waals surface area contributed by atoms with Crippen molar-refractivity contribution in [2.45, 2.75) is 20.3 Å². The van der Waals surface area contributed by atoms with Crippen LogP contribution in [0.15, 0.2) is 18.2 Å². The van der Waals surface area contributed by atoms with Crippen molar-refractivity contribution in [1.82, 2.24) is 0 Å². The SMILES string of the molecule is Cc1ccc(C)c(OCCCCl)c1. The standard InChI is InChI=1S/C11H15ClO/c1-9-4-5-10(2)11(8-9)13-7-3-6-12/h4-5,8H,3,6-7H2,1-2H3. The first-order valence-corrected chi connectivity index (χ1v) is 5.03. The van der Waals surface area contributed by atoms with Gasteiger partial charge >= 0.3 is 0 Å². The van der Waals surface area contributed by atoms with E-state index in [2.05, 4.69) is 32.0 Å². The number of halogens is 1. The summed E-state index contributed by atoms with van der Waals surface area (Å²) in [4.78, 5) is 0. The zero-order valence-electron chi connectivity index (χ0n) is 8.14. The van der Waals surface area contributed by atoms with Gasteiger partial charge in [0.25, 0.3) is 0 Å². The maximum atomic E-state index is 5.57. The van der Waals surface area contributed by atoms with Crippen molar-refractivity contribution in [3.63, 3.8) is 0 Å². The minimum atomic E-state index is 0.658. The quantitative estimate of drug-likeness (QED) is 0.533. The minimum Gasteiger partial charge on any atom is -0.493 e. The van der Waals surface area contributed by atoms with Crippen LogP contribution < -0.4 is 4.74 Å². The lowest BCUT2D eigenvalue weighted by Crippen LogP contribution is -1.99. The van der Waals surface area contributed by atoms with Crippen molar-refractivity contribution in [3.8, 4) is 5.75 Å². The van der Waals surface area contributed by atoms with Gasteiger partial charge in [0.1, 0.15) is 5.75 Å². The fraction of sp³-hybridized carbons (Fsp3) is 0.455. The van der Waals surface area contributed by atoms with E-state index in [-0.39, 0.29) is 0 Å². The Morgan fingerprint density at radius 2 is 2.08 bits per heavy atom. The Labute approximate surface area is 84.7 Å². The maximum absolute atomic E-state index is 5.57. The lowest BCUT2D eigenvalue weighted by atomic mass is 10.1. The van der Waals surface area contributed by atoms with Crippen LogP contribution in [0.4, 0.5) is 0 Å². The number of hydrogen-bond acceptors (Lipinski definition) is 1. The van der Waals surface area contributed by atoms with Gasteiger partial charge in [-0.3, -0.25) is 0 Å². The average Bonchev–Trinajstić information content (AvgIpc) is 2.11. The molecule has 1 aromatic rings. The maximum Gasteiger partial charge on any atom is 0.122 e. The van der Waals surface area contributed by atoms with Gasteiger partial charge in [-0.2, -0.15) is 0 Å². The van der Waals surface area contributed by atoms with Crippen LogP contribution >= 0.6 is 11.6 Å². The van der Waals surface area contributed by atoms with Crippen LogP contribution in [0.25, 0.3) is 0 Å². The molecule has 0 radical (unpaired) electrons. The second-order valence-corrected chi connectivity index (χ2v) is 3.54. The molecule has 1 nitrogen and oxygen atoms in total. The van der Waals surface area contributed by atoms with Gasteiger partial charge in [-0.25, -0.2) is 0 Å². The Hall–Kier alpha value is -0.690. The summed E-state index contributed by atoms with van der Waals surface area (Å²) in [7, 11) is 0. The Kier molecular flexibility index (Phi) is 4.10. The first-order chi connectivity index (χ1) is 6.24. The second-order valence-electron chi connectivity index (χ2n) is 3.16. The highest BCUT2D eigenvalue weighted by atomic mass is 35.5. The van der Waals surface area contributed by atoms with Crippen LogP contribution in [0.5, 0.6) is 5.75 Å². The number of hydrogen-bond donors (Lipinski definition) is 0. The summed E-state index contributed by atoms with van der Waals surface area (Å²) in [6, 6.07) is 6.22. The predicted molar refractivity (Wildman–Crippen MR) is 56.7 cm³/mol. The smallest absolute Gasteiger partial charge is 0.122 e. The zero-order valence-corrected chi connectivity index (χ0v) is 8.90. The summed E-state index contributed by atoms with van der Waals surface area (Å²) >= 11 is 5.56. The Morgan fingerprint density at radius 1 is 1.31 bits per heavy atom. The molecule has 0 aliphatic heterocycles. The molecular formula is C11H15ClO. The Bertz CT molecular complexity index is 271. The van der Waals surface area contributed by atoms with Gasteiger partial charge in [0.05, 0.1) is 6.61 Å². The first-order valence-electron chi connectivity index (χ1n) is 4.50. The molecule has 0 saturated carbocycles. The summed E-state index contributed by atoms with van der Waals surface area (Å²) < 4.78 is 5.57. The number of alkyl halides is 1. The van der Waals surface area contributed by atoms with Crippen molar-refractivity contribution >= 4 is 11.6 Å². The van der Waals surface area contributed by atoms with E-state index in [4.69, 9.17) is 16.3 Å². The molecule has 0 unspecified atom stereocenters. The lowest BCUT2D eigenvalue weighted by molar-refractivity contribution is 0.316. The molecule has 0 amide bonds. The van der Waals surface area contributed by atoms with Crippen LogP contribution in [0, 0.1) is 13.8 Å². The van der Waals surface area contributed by atoms with E-state index in [0.717, 1.165) is 12.2 Å².